The van der Waals surface area contributed by atoms with E-state index in [0.717, 1.165) is 46.4 Å². The van der Waals surface area contributed by atoms with E-state index in [0.29, 0.717) is 29.9 Å². The summed E-state index contributed by atoms with van der Waals surface area (Å²) in [7, 11) is 1.76. The minimum Gasteiger partial charge on any atom is -0.391 e. The van der Waals surface area contributed by atoms with Gasteiger partial charge in [-0.25, -0.2) is 4.99 Å². The minimum atomic E-state index is -0.279. The van der Waals surface area contributed by atoms with Gasteiger partial charge in [0.15, 0.2) is 5.84 Å². The molecule has 3 aromatic rings. The Morgan fingerprint density at radius 1 is 0.816 bits per heavy atom. The molecule has 3 aromatic carbocycles. The van der Waals surface area contributed by atoms with Gasteiger partial charge in [-0.15, -0.1) is 4.91 Å². The highest BCUT2D eigenvalue weighted by molar-refractivity contribution is 6.12. The van der Waals surface area contributed by atoms with E-state index >= 15 is 0 Å². The molecule has 0 spiro atoms. The Morgan fingerprint density at radius 2 is 1.39 bits per heavy atom. The number of nitroso groups, excluding NO2 is 1. The predicted octanol–water partition coefficient (Wildman–Crippen LogP) is 10.3. The van der Waals surface area contributed by atoms with Crippen molar-refractivity contribution in [1.29, 1.82) is 0 Å². The zero-order valence-electron chi connectivity index (χ0n) is 32.1. The maximum atomic E-state index is 10.2. The lowest BCUT2D eigenvalue weighted by Crippen LogP contribution is -2.18. The number of nitrogens with two attached hydrogens (primary N) is 1. The fraction of sp³-hybridized carbons (Fsp3) is 0.476. The molecule has 3 N–H and O–H groups in total. The van der Waals surface area contributed by atoms with E-state index in [1.54, 1.807) is 19.2 Å². The Bertz CT molecular complexity index is 1560. The van der Waals surface area contributed by atoms with Gasteiger partial charge in [-0.3, -0.25) is 4.99 Å². The molecular weight excluding hydrogens is 608 g/mol. The normalized spacial score (nSPS) is 12.7. The molecule has 0 saturated carbocycles. The van der Waals surface area contributed by atoms with Crippen LogP contribution in [0.2, 0.25) is 0 Å². The molecule has 0 heterocycles. The molecule has 0 aliphatic carbocycles. The summed E-state index contributed by atoms with van der Waals surface area (Å²) in [6.45, 7) is 25.7. The first kappa shape index (κ1) is 43.1. The van der Waals surface area contributed by atoms with Gasteiger partial charge in [0.1, 0.15) is 11.5 Å². The van der Waals surface area contributed by atoms with Crippen LogP contribution in [0.3, 0.4) is 0 Å². The van der Waals surface area contributed by atoms with Crippen LogP contribution in [0.15, 0.2) is 64.2 Å². The number of benzene rings is 3. The molecule has 0 aromatic heterocycles. The summed E-state index contributed by atoms with van der Waals surface area (Å²) in [6.07, 6.45) is 7.18. The molecule has 49 heavy (non-hydrogen) atoms. The average molecular weight is 671 g/mol. The van der Waals surface area contributed by atoms with E-state index in [4.69, 9.17) is 10.5 Å². The highest BCUT2D eigenvalue weighted by atomic mass is 16.5. The smallest absolute Gasteiger partial charge is 0.156 e. The van der Waals surface area contributed by atoms with Crippen LogP contribution in [-0.4, -0.2) is 43.1 Å². The van der Waals surface area contributed by atoms with Crippen molar-refractivity contribution in [2.45, 2.75) is 107 Å². The summed E-state index contributed by atoms with van der Waals surface area (Å²) in [6, 6.07) is 14.0. The average Bonchev–Trinajstić information content (AvgIpc) is 3.09. The van der Waals surface area contributed by atoms with Crippen molar-refractivity contribution in [3.8, 4) is 0 Å². The molecule has 268 valence electrons. The summed E-state index contributed by atoms with van der Waals surface area (Å²) in [5.41, 5.74) is 17.9. The van der Waals surface area contributed by atoms with Crippen molar-refractivity contribution in [2.75, 3.05) is 20.3 Å². The zero-order chi connectivity index (χ0) is 37.1. The Labute approximate surface area is 296 Å². The predicted molar refractivity (Wildman–Crippen MR) is 212 cm³/mol. The third-order valence-corrected chi connectivity index (χ3v) is 8.88. The fourth-order valence-corrected chi connectivity index (χ4v) is 5.08. The highest BCUT2D eigenvalue weighted by Crippen LogP contribution is 2.21. The minimum absolute atomic E-state index is 0.279. The van der Waals surface area contributed by atoms with Crippen LogP contribution < -0.4 is 5.73 Å². The van der Waals surface area contributed by atoms with Crippen molar-refractivity contribution in [2.24, 2.45) is 26.8 Å². The Morgan fingerprint density at radius 3 is 1.90 bits per heavy atom. The molecule has 0 fully saturated rings. The number of nitrogens with zero attached hydrogens (tertiary/aromatic N) is 3. The lowest BCUT2D eigenvalue weighted by atomic mass is 9.99. The molecule has 2 atom stereocenters. The monoisotopic (exact) mass is 670 g/mol. The van der Waals surface area contributed by atoms with Gasteiger partial charge in [-0.1, -0.05) is 77.0 Å². The molecule has 0 bridgehead atoms. The first-order valence-corrected chi connectivity index (χ1v) is 17.6. The number of hydrogen-bond acceptors (Lipinski definition) is 5. The SMILES string of the molecule is C=Cc1ccc(C)c(N=O)c1.CCCCC(CC)COCC(O)CC.CN=C(N=C(N)c1cc(C)c(C)cc1C)c1cc(C)c(C)cc1C. The second-order valence-corrected chi connectivity index (χ2v) is 12.9. The van der Waals surface area contributed by atoms with Crippen LogP contribution in [0.1, 0.15) is 109 Å². The van der Waals surface area contributed by atoms with Gasteiger partial charge in [-0.2, -0.15) is 0 Å². The maximum Gasteiger partial charge on any atom is 0.156 e. The molecule has 7 heteroatoms. The topological polar surface area (TPSA) is 110 Å². The Balaban J connectivity index is 0.000000407. The van der Waals surface area contributed by atoms with Gasteiger partial charge in [-0.05, 0) is 135 Å². The molecule has 0 saturated heterocycles. The lowest BCUT2D eigenvalue weighted by molar-refractivity contribution is 0.0176. The lowest BCUT2D eigenvalue weighted by Gasteiger charge is -2.16. The van der Waals surface area contributed by atoms with Crippen molar-refractivity contribution in [3.63, 3.8) is 0 Å². The number of rotatable bonds is 13. The number of amidine groups is 2. The van der Waals surface area contributed by atoms with Crippen molar-refractivity contribution >= 4 is 23.4 Å². The van der Waals surface area contributed by atoms with E-state index in [1.807, 2.05) is 26.0 Å². The van der Waals surface area contributed by atoms with Gasteiger partial charge in [0.05, 0.1) is 12.7 Å². The Hall–Kier alpha value is -3.94. The molecule has 2 unspecified atom stereocenters. The zero-order valence-corrected chi connectivity index (χ0v) is 32.1. The standard InChI is InChI=1S/C21H27N3.C12H26O2.C9H9NO/c1-12-8-16(5)18(10-14(12)3)20(22)24-21(23-7)19-11-15(4)13(2)9-17(19)6;1-4-7-8-11(5-2)9-14-10-12(13)6-3;1-3-8-5-4-7(2)9(6-8)10-11/h8-11H,1-7H3,(H2,22,23,24);11-13H,4-10H2,1-3H3;3-6H,1H2,2H3. The van der Waals surface area contributed by atoms with Crippen LogP contribution in [0, 0.1) is 59.3 Å². The number of hydrogen-bond donors (Lipinski definition) is 2. The molecule has 7 nitrogen and oxygen atoms in total. The number of aliphatic hydroxyl groups is 1. The second kappa shape index (κ2) is 22.6. The first-order valence-electron chi connectivity index (χ1n) is 17.6. The highest BCUT2D eigenvalue weighted by Gasteiger charge is 2.12. The molecule has 0 aliphatic heterocycles. The summed E-state index contributed by atoms with van der Waals surface area (Å²) >= 11 is 0. The van der Waals surface area contributed by atoms with Gasteiger partial charge < -0.3 is 15.6 Å². The first-order chi connectivity index (χ1) is 23.3. The van der Waals surface area contributed by atoms with Crippen molar-refractivity contribution in [1.82, 2.24) is 0 Å². The maximum absolute atomic E-state index is 10.2. The summed E-state index contributed by atoms with van der Waals surface area (Å²) in [5, 5.41) is 12.2. The number of ether oxygens (including phenoxy) is 1. The van der Waals surface area contributed by atoms with Crippen LogP contribution in [0.5, 0.6) is 0 Å². The van der Waals surface area contributed by atoms with Crippen LogP contribution in [-0.2, 0) is 4.74 Å². The largest absolute Gasteiger partial charge is 0.391 e. The van der Waals surface area contributed by atoms with Crippen LogP contribution in [0.4, 0.5) is 5.69 Å². The quantitative estimate of drug-likeness (QED) is 0.107. The van der Waals surface area contributed by atoms with Gasteiger partial charge in [0.2, 0.25) is 0 Å². The molecular formula is C42H62N4O3. The van der Waals surface area contributed by atoms with Gasteiger partial charge in [0.25, 0.3) is 0 Å². The number of unbranched alkanes of at least 4 members (excludes halogenated alkanes) is 1. The Kier molecular flexibility index (Phi) is 19.9. The summed E-state index contributed by atoms with van der Waals surface area (Å²) < 4.78 is 5.49. The molecule has 0 aliphatic rings. The third-order valence-electron chi connectivity index (χ3n) is 8.88. The van der Waals surface area contributed by atoms with Crippen LogP contribution >= 0.6 is 0 Å². The molecule has 0 amide bonds. The summed E-state index contributed by atoms with van der Waals surface area (Å²) in [5.74, 6) is 1.86. The van der Waals surface area contributed by atoms with E-state index < -0.39 is 0 Å². The third kappa shape index (κ3) is 14.6. The second-order valence-electron chi connectivity index (χ2n) is 12.9. The van der Waals surface area contributed by atoms with Gasteiger partial charge in [0, 0.05) is 24.8 Å². The van der Waals surface area contributed by atoms with E-state index in [-0.39, 0.29) is 6.10 Å². The van der Waals surface area contributed by atoms with E-state index in [2.05, 4.69) is 101 Å². The van der Waals surface area contributed by atoms with Crippen molar-refractivity contribution < 1.29 is 9.84 Å². The van der Waals surface area contributed by atoms with E-state index in [9.17, 15) is 10.0 Å². The number of aryl methyl sites for hydroxylation is 7. The summed E-state index contributed by atoms with van der Waals surface area (Å²) in [4.78, 5) is 19.2. The fourth-order valence-electron chi connectivity index (χ4n) is 5.08. The number of aliphatic imine (C=N–C) groups is 2. The number of aliphatic hydroxyl groups excluding tert-OH is 1. The van der Waals surface area contributed by atoms with E-state index in [1.165, 1.54) is 47.9 Å². The molecule has 0 radical (unpaired) electrons. The van der Waals surface area contributed by atoms with Crippen molar-refractivity contribution in [3.05, 3.63) is 110 Å². The van der Waals surface area contributed by atoms with Gasteiger partial charge >= 0.3 is 0 Å². The van der Waals surface area contributed by atoms with Crippen LogP contribution in [0.25, 0.3) is 6.08 Å². The molecule has 3 rings (SSSR count).